The summed E-state index contributed by atoms with van der Waals surface area (Å²) < 4.78 is 5.33. The second-order valence-electron chi connectivity index (χ2n) is 5.41. The van der Waals surface area contributed by atoms with E-state index in [0.29, 0.717) is 28.5 Å². The van der Waals surface area contributed by atoms with Crippen molar-refractivity contribution in [1.29, 1.82) is 0 Å². The van der Waals surface area contributed by atoms with Crippen molar-refractivity contribution in [3.05, 3.63) is 64.7 Å². The summed E-state index contributed by atoms with van der Waals surface area (Å²) >= 11 is 6.03. The lowest BCUT2D eigenvalue weighted by Crippen LogP contribution is -2.15. The number of hydrogen-bond donors (Lipinski definition) is 1. The molecule has 0 aliphatic carbocycles. The normalized spacial score (nSPS) is 12.1. The highest BCUT2D eigenvalue weighted by atomic mass is 35.5. The lowest BCUT2D eigenvalue weighted by molar-refractivity contribution is 0.371. The Morgan fingerprint density at radius 1 is 1.17 bits per heavy atom. The summed E-state index contributed by atoms with van der Waals surface area (Å²) in [4.78, 5) is 13.0. The minimum absolute atomic E-state index is 0.286. The van der Waals surface area contributed by atoms with Gasteiger partial charge in [0, 0.05) is 12.5 Å². The Morgan fingerprint density at radius 3 is 2.67 bits per heavy atom. The maximum absolute atomic E-state index is 6.03. The molecule has 124 valence electrons. The Bertz CT molecular complexity index is 786. The van der Waals surface area contributed by atoms with Gasteiger partial charge in [0.25, 0.3) is 0 Å². The molecular weight excluding hydrogens is 326 g/mol. The van der Waals surface area contributed by atoms with Crippen molar-refractivity contribution in [2.75, 3.05) is 5.32 Å². The van der Waals surface area contributed by atoms with Gasteiger partial charge in [-0.1, -0.05) is 54.0 Å². The van der Waals surface area contributed by atoms with Gasteiger partial charge in [-0.15, -0.1) is 0 Å². The van der Waals surface area contributed by atoms with Gasteiger partial charge in [-0.3, -0.25) is 0 Å². The summed E-state index contributed by atoms with van der Waals surface area (Å²) in [5.41, 5.74) is 1.01. The van der Waals surface area contributed by atoms with Crippen LogP contribution in [0.4, 0.5) is 5.82 Å². The van der Waals surface area contributed by atoms with Crippen LogP contribution in [0.25, 0.3) is 0 Å². The summed E-state index contributed by atoms with van der Waals surface area (Å²) in [7, 11) is 0. The highest BCUT2D eigenvalue weighted by Crippen LogP contribution is 2.25. The molecule has 1 N–H and O–H groups in total. The maximum Gasteiger partial charge on any atom is 0.226 e. The summed E-state index contributed by atoms with van der Waals surface area (Å²) in [6.45, 7) is 3.87. The first-order valence-corrected chi connectivity index (χ1v) is 8.18. The van der Waals surface area contributed by atoms with E-state index in [1.54, 1.807) is 13.0 Å². The van der Waals surface area contributed by atoms with E-state index >= 15 is 0 Å². The van der Waals surface area contributed by atoms with Crippen LogP contribution < -0.4 is 5.32 Å². The van der Waals surface area contributed by atoms with Gasteiger partial charge < -0.3 is 9.84 Å². The fourth-order valence-corrected chi connectivity index (χ4v) is 2.62. The first-order chi connectivity index (χ1) is 11.7. The first-order valence-electron chi connectivity index (χ1n) is 7.81. The first kappa shape index (κ1) is 16.4. The van der Waals surface area contributed by atoms with E-state index in [1.165, 1.54) is 0 Å². The van der Waals surface area contributed by atoms with Crippen LogP contribution in [-0.4, -0.2) is 20.1 Å². The average Bonchev–Trinajstić information content (AvgIpc) is 3.01. The van der Waals surface area contributed by atoms with Crippen molar-refractivity contribution in [1.82, 2.24) is 20.1 Å². The van der Waals surface area contributed by atoms with Crippen LogP contribution in [0.3, 0.4) is 0 Å². The Morgan fingerprint density at radius 2 is 1.96 bits per heavy atom. The van der Waals surface area contributed by atoms with Gasteiger partial charge in [-0.05, 0) is 18.9 Å². The number of halogens is 1. The van der Waals surface area contributed by atoms with E-state index in [-0.39, 0.29) is 6.04 Å². The Balaban J connectivity index is 1.95. The van der Waals surface area contributed by atoms with Gasteiger partial charge in [-0.2, -0.15) is 4.98 Å². The molecule has 0 aliphatic rings. The topological polar surface area (TPSA) is 76.7 Å². The number of aromatic nitrogens is 4. The molecule has 0 radical (unpaired) electrons. The minimum atomic E-state index is -0.286. The van der Waals surface area contributed by atoms with Crippen molar-refractivity contribution in [3.63, 3.8) is 0 Å². The van der Waals surface area contributed by atoms with Crippen LogP contribution in [0.2, 0.25) is 5.15 Å². The number of anilines is 1. The number of aryl methyl sites for hydroxylation is 2. The summed E-state index contributed by atoms with van der Waals surface area (Å²) in [6.07, 6.45) is 1.71. The molecule has 24 heavy (non-hydrogen) atoms. The molecule has 3 rings (SSSR count). The van der Waals surface area contributed by atoms with Gasteiger partial charge in [0.2, 0.25) is 5.89 Å². The quantitative estimate of drug-likeness (QED) is 0.682. The molecule has 2 heterocycles. The second-order valence-corrected chi connectivity index (χ2v) is 5.79. The second kappa shape index (κ2) is 7.40. The van der Waals surface area contributed by atoms with Crippen molar-refractivity contribution < 1.29 is 4.52 Å². The van der Waals surface area contributed by atoms with Crippen molar-refractivity contribution in [2.45, 2.75) is 32.7 Å². The van der Waals surface area contributed by atoms with Gasteiger partial charge in [0.1, 0.15) is 22.8 Å². The van der Waals surface area contributed by atoms with Crippen LogP contribution in [0, 0.1) is 6.92 Å². The van der Waals surface area contributed by atoms with Crippen molar-refractivity contribution in [2.24, 2.45) is 0 Å². The molecule has 0 fully saturated rings. The van der Waals surface area contributed by atoms with Crippen LogP contribution in [-0.2, 0) is 6.42 Å². The van der Waals surface area contributed by atoms with E-state index in [2.05, 4.69) is 32.3 Å². The Labute approximate surface area is 145 Å². The lowest BCUT2D eigenvalue weighted by Gasteiger charge is -2.16. The third-order valence-electron chi connectivity index (χ3n) is 3.44. The Kier molecular flexibility index (Phi) is 5.05. The monoisotopic (exact) mass is 343 g/mol. The number of nitrogens with zero attached hydrogens (tertiary/aromatic N) is 4. The summed E-state index contributed by atoms with van der Waals surface area (Å²) in [5, 5.41) is 7.84. The van der Waals surface area contributed by atoms with Crippen LogP contribution >= 0.6 is 11.6 Å². The molecule has 0 spiro atoms. The van der Waals surface area contributed by atoms with E-state index in [4.69, 9.17) is 16.1 Å². The molecule has 0 saturated heterocycles. The standard InChI is InChI=1S/C17H18ClN5O/c1-3-7-15-22-17(23-24-15)16(12-8-5-4-6-9-12)21-14-10-13(18)19-11(2)20-14/h4-6,8-10,16H,3,7H2,1-2H3,(H,19,20,21). The minimum Gasteiger partial charge on any atom is -0.356 e. The number of benzene rings is 1. The zero-order valence-corrected chi connectivity index (χ0v) is 14.3. The molecule has 0 aliphatic heterocycles. The molecule has 2 aromatic heterocycles. The van der Waals surface area contributed by atoms with E-state index in [1.807, 2.05) is 30.3 Å². The SMILES string of the molecule is CCCc1nc(C(Nc2cc(Cl)nc(C)n2)c2ccccc2)no1. The fraction of sp³-hybridized carbons (Fsp3) is 0.294. The highest BCUT2D eigenvalue weighted by Gasteiger charge is 2.21. The number of rotatable bonds is 6. The maximum atomic E-state index is 6.03. The molecule has 1 aromatic carbocycles. The third kappa shape index (κ3) is 3.89. The Hall–Kier alpha value is -2.47. The predicted molar refractivity (Wildman–Crippen MR) is 92.0 cm³/mol. The van der Waals surface area contributed by atoms with Crippen molar-refractivity contribution >= 4 is 17.4 Å². The molecule has 1 unspecified atom stereocenters. The molecule has 3 aromatic rings. The van der Waals surface area contributed by atoms with Crippen molar-refractivity contribution in [3.8, 4) is 0 Å². The van der Waals surface area contributed by atoms with Gasteiger partial charge >= 0.3 is 0 Å². The molecule has 6 nitrogen and oxygen atoms in total. The van der Waals surface area contributed by atoms with Gasteiger partial charge in [0.05, 0.1) is 0 Å². The molecule has 0 saturated carbocycles. The van der Waals surface area contributed by atoms with E-state index < -0.39 is 0 Å². The van der Waals surface area contributed by atoms with Crippen LogP contribution in [0.15, 0.2) is 40.9 Å². The average molecular weight is 344 g/mol. The molecular formula is C17H18ClN5O. The van der Waals surface area contributed by atoms with Gasteiger partial charge in [-0.25, -0.2) is 9.97 Å². The largest absolute Gasteiger partial charge is 0.356 e. The smallest absolute Gasteiger partial charge is 0.226 e. The highest BCUT2D eigenvalue weighted by molar-refractivity contribution is 6.29. The lowest BCUT2D eigenvalue weighted by atomic mass is 10.1. The molecule has 7 heteroatoms. The number of hydrogen-bond acceptors (Lipinski definition) is 6. The van der Waals surface area contributed by atoms with Crippen LogP contribution in [0.5, 0.6) is 0 Å². The predicted octanol–water partition coefficient (Wildman–Crippen LogP) is 3.98. The number of nitrogens with one attached hydrogen (secondary N) is 1. The van der Waals surface area contributed by atoms with Gasteiger partial charge in [0.15, 0.2) is 5.82 Å². The third-order valence-corrected chi connectivity index (χ3v) is 3.63. The summed E-state index contributed by atoms with van der Waals surface area (Å²) in [6, 6.07) is 11.3. The molecule has 0 bridgehead atoms. The van der Waals surface area contributed by atoms with E-state index in [0.717, 1.165) is 18.4 Å². The molecule has 0 amide bonds. The summed E-state index contributed by atoms with van der Waals surface area (Å²) in [5.74, 6) is 2.41. The molecule has 1 atom stereocenters. The van der Waals surface area contributed by atoms with Crippen LogP contribution in [0.1, 0.15) is 42.5 Å². The zero-order chi connectivity index (χ0) is 16.9. The zero-order valence-electron chi connectivity index (χ0n) is 13.5. The fourth-order valence-electron chi connectivity index (χ4n) is 2.40. The van der Waals surface area contributed by atoms with E-state index in [9.17, 15) is 0 Å².